The summed E-state index contributed by atoms with van der Waals surface area (Å²) in [5.41, 5.74) is 2.81. The highest BCUT2D eigenvalue weighted by atomic mass is 32.2. The van der Waals surface area contributed by atoms with Gasteiger partial charge in [-0.2, -0.15) is 0 Å². The Morgan fingerprint density at radius 2 is 2.11 bits per heavy atom. The third kappa shape index (κ3) is 3.80. The van der Waals surface area contributed by atoms with E-state index in [2.05, 4.69) is 36.5 Å². The van der Waals surface area contributed by atoms with Crippen molar-refractivity contribution >= 4 is 9.84 Å². The lowest BCUT2D eigenvalue weighted by atomic mass is 9.73. The standard InChI is InChI=1S/C15H23NO2S/c1-3-9-16-15(8-10-19(2,17)18)14-11-12-6-4-5-7-13(12)14/h4-7,14-16H,3,8-11H2,1-2H3. The molecule has 0 radical (unpaired) electrons. The third-order valence-corrected chi connectivity index (χ3v) is 4.81. The molecule has 2 atom stereocenters. The van der Waals surface area contributed by atoms with Gasteiger partial charge < -0.3 is 5.32 Å². The van der Waals surface area contributed by atoms with Gasteiger partial charge in [0.2, 0.25) is 0 Å². The van der Waals surface area contributed by atoms with E-state index in [1.54, 1.807) is 0 Å². The second-order valence-electron chi connectivity index (χ2n) is 5.49. The molecule has 0 amide bonds. The molecule has 1 aromatic carbocycles. The molecule has 106 valence electrons. The van der Waals surface area contributed by atoms with Crippen LogP contribution in [0.5, 0.6) is 0 Å². The average Bonchev–Trinajstić information content (AvgIpc) is 2.32. The zero-order valence-electron chi connectivity index (χ0n) is 11.7. The topological polar surface area (TPSA) is 46.2 Å². The predicted molar refractivity (Wildman–Crippen MR) is 79.3 cm³/mol. The van der Waals surface area contributed by atoms with Crippen molar-refractivity contribution in [2.75, 3.05) is 18.6 Å². The van der Waals surface area contributed by atoms with Crippen molar-refractivity contribution in [3.05, 3.63) is 35.4 Å². The van der Waals surface area contributed by atoms with Crippen LogP contribution in [0.4, 0.5) is 0 Å². The van der Waals surface area contributed by atoms with Gasteiger partial charge >= 0.3 is 0 Å². The van der Waals surface area contributed by atoms with Crippen molar-refractivity contribution in [1.82, 2.24) is 5.32 Å². The van der Waals surface area contributed by atoms with E-state index >= 15 is 0 Å². The van der Waals surface area contributed by atoms with Crippen molar-refractivity contribution in [3.63, 3.8) is 0 Å². The summed E-state index contributed by atoms with van der Waals surface area (Å²) in [6.07, 6.45) is 4.17. The van der Waals surface area contributed by atoms with Crippen LogP contribution in [0.3, 0.4) is 0 Å². The molecule has 0 saturated carbocycles. The number of fused-ring (bicyclic) bond motifs is 1. The quantitative estimate of drug-likeness (QED) is 0.833. The van der Waals surface area contributed by atoms with E-state index in [0.29, 0.717) is 12.3 Å². The summed E-state index contributed by atoms with van der Waals surface area (Å²) < 4.78 is 22.7. The third-order valence-electron chi connectivity index (χ3n) is 3.84. The maximum absolute atomic E-state index is 11.4. The van der Waals surface area contributed by atoms with Crippen molar-refractivity contribution in [2.45, 2.75) is 38.1 Å². The minimum Gasteiger partial charge on any atom is -0.313 e. The Morgan fingerprint density at radius 1 is 1.37 bits per heavy atom. The lowest BCUT2D eigenvalue weighted by molar-refractivity contribution is 0.390. The van der Waals surface area contributed by atoms with Gasteiger partial charge in [-0.3, -0.25) is 0 Å². The van der Waals surface area contributed by atoms with Crippen LogP contribution in [0.15, 0.2) is 24.3 Å². The maximum Gasteiger partial charge on any atom is 0.147 e. The molecule has 0 heterocycles. The van der Waals surface area contributed by atoms with Gasteiger partial charge in [-0.1, -0.05) is 31.2 Å². The molecule has 0 aliphatic heterocycles. The SMILES string of the molecule is CCCNC(CCS(C)(=O)=O)C1Cc2ccccc21. The second-order valence-corrected chi connectivity index (χ2v) is 7.75. The van der Waals surface area contributed by atoms with Crippen molar-refractivity contribution in [2.24, 2.45) is 0 Å². The molecule has 1 aliphatic rings. The molecule has 1 aromatic rings. The molecule has 1 N–H and O–H groups in total. The monoisotopic (exact) mass is 281 g/mol. The summed E-state index contributed by atoms with van der Waals surface area (Å²) in [5.74, 6) is 0.747. The summed E-state index contributed by atoms with van der Waals surface area (Å²) in [4.78, 5) is 0. The normalized spacial score (nSPS) is 19.6. The van der Waals surface area contributed by atoms with E-state index < -0.39 is 9.84 Å². The Hall–Kier alpha value is -0.870. The van der Waals surface area contributed by atoms with Crippen LogP contribution in [0.25, 0.3) is 0 Å². The van der Waals surface area contributed by atoms with Gasteiger partial charge in [0.25, 0.3) is 0 Å². The highest BCUT2D eigenvalue weighted by Gasteiger charge is 2.32. The number of hydrogen-bond acceptors (Lipinski definition) is 3. The van der Waals surface area contributed by atoms with Gasteiger partial charge in [0, 0.05) is 18.2 Å². The summed E-state index contributed by atoms with van der Waals surface area (Å²) >= 11 is 0. The lowest BCUT2D eigenvalue weighted by Crippen LogP contribution is -2.41. The molecule has 4 heteroatoms. The molecule has 1 aliphatic carbocycles. The van der Waals surface area contributed by atoms with E-state index in [-0.39, 0.29) is 11.8 Å². The first-order valence-corrected chi connectivity index (χ1v) is 9.06. The molecular weight excluding hydrogens is 258 g/mol. The molecule has 3 nitrogen and oxygen atoms in total. The second kappa shape index (κ2) is 6.06. The number of rotatable bonds is 7. The fourth-order valence-electron chi connectivity index (χ4n) is 2.77. The van der Waals surface area contributed by atoms with E-state index in [9.17, 15) is 8.42 Å². The molecule has 19 heavy (non-hydrogen) atoms. The zero-order chi connectivity index (χ0) is 13.9. The molecule has 0 spiro atoms. The summed E-state index contributed by atoms with van der Waals surface area (Å²) in [6.45, 7) is 3.09. The summed E-state index contributed by atoms with van der Waals surface area (Å²) in [6, 6.07) is 8.76. The molecule has 2 rings (SSSR count). The molecule has 2 unspecified atom stereocenters. The Labute approximate surface area is 116 Å². The van der Waals surface area contributed by atoms with E-state index in [0.717, 1.165) is 19.4 Å². The average molecular weight is 281 g/mol. The van der Waals surface area contributed by atoms with Gasteiger partial charge in [0.05, 0.1) is 5.75 Å². The van der Waals surface area contributed by atoms with E-state index in [4.69, 9.17) is 0 Å². The Bertz CT molecular complexity index is 525. The fraction of sp³-hybridized carbons (Fsp3) is 0.600. The van der Waals surface area contributed by atoms with Crippen LogP contribution < -0.4 is 5.32 Å². The molecular formula is C15H23NO2S. The van der Waals surface area contributed by atoms with Gasteiger partial charge in [-0.25, -0.2) is 8.42 Å². The van der Waals surface area contributed by atoms with E-state index in [1.807, 2.05) is 0 Å². The minimum atomic E-state index is -2.88. The lowest BCUT2D eigenvalue weighted by Gasteiger charge is -2.37. The van der Waals surface area contributed by atoms with Crippen LogP contribution in [0, 0.1) is 0 Å². The fourth-order valence-corrected chi connectivity index (χ4v) is 3.45. The Balaban J connectivity index is 2.03. The summed E-state index contributed by atoms with van der Waals surface area (Å²) in [7, 11) is -2.88. The zero-order valence-corrected chi connectivity index (χ0v) is 12.5. The smallest absolute Gasteiger partial charge is 0.147 e. The number of benzene rings is 1. The van der Waals surface area contributed by atoms with Gasteiger partial charge in [-0.05, 0) is 36.9 Å². The predicted octanol–water partition coefficient (Wildman–Crippen LogP) is 2.13. The van der Waals surface area contributed by atoms with Gasteiger partial charge in [0.1, 0.15) is 9.84 Å². The van der Waals surface area contributed by atoms with Crippen LogP contribution >= 0.6 is 0 Å². The number of sulfone groups is 1. The minimum absolute atomic E-state index is 0.271. The maximum atomic E-state index is 11.4. The van der Waals surface area contributed by atoms with Crippen molar-refractivity contribution in [1.29, 1.82) is 0 Å². The van der Waals surface area contributed by atoms with Gasteiger partial charge in [0.15, 0.2) is 0 Å². The van der Waals surface area contributed by atoms with Crippen LogP contribution in [0.1, 0.15) is 36.8 Å². The van der Waals surface area contributed by atoms with Crippen molar-refractivity contribution in [3.8, 4) is 0 Å². The molecule has 0 saturated heterocycles. The first-order chi connectivity index (χ1) is 9.01. The van der Waals surface area contributed by atoms with E-state index in [1.165, 1.54) is 17.4 Å². The van der Waals surface area contributed by atoms with Crippen molar-refractivity contribution < 1.29 is 8.42 Å². The number of hydrogen-bond donors (Lipinski definition) is 1. The largest absolute Gasteiger partial charge is 0.313 e. The Morgan fingerprint density at radius 3 is 2.74 bits per heavy atom. The summed E-state index contributed by atoms with van der Waals surface area (Å²) in [5, 5.41) is 3.52. The first-order valence-electron chi connectivity index (χ1n) is 7.00. The number of nitrogens with one attached hydrogen (secondary N) is 1. The van der Waals surface area contributed by atoms with Gasteiger partial charge in [-0.15, -0.1) is 0 Å². The first kappa shape index (κ1) is 14.5. The van der Waals surface area contributed by atoms with Crippen LogP contribution in [0.2, 0.25) is 0 Å². The van der Waals surface area contributed by atoms with Crippen LogP contribution in [-0.4, -0.2) is 33.0 Å². The van der Waals surface area contributed by atoms with Crippen LogP contribution in [-0.2, 0) is 16.3 Å². The molecule has 0 bridgehead atoms. The molecule has 0 fully saturated rings. The molecule has 0 aromatic heterocycles. The Kier molecular flexibility index (Phi) is 4.63. The highest BCUT2D eigenvalue weighted by molar-refractivity contribution is 7.90. The highest BCUT2D eigenvalue weighted by Crippen LogP contribution is 2.38.